The first kappa shape index (κ1) is 16.5. The summed E-state index contributed by atoms with van der Waals surface area (Å²) >= 11 is 0. The molecule has 4 heteroatoms. The fourth-order valence-corrected chi connectivity index (χ4v) is 3.35. The number of carbonyl (C=O) groups excluding carboxylic acids is 1. The first-order valence-electron chi connectivity index (χ1n) is 8.64. The molecule has 0 spiro atoms. The third-order valence-electron chi connectivity index (χ3n) is 4.82. The van der Waals surface area contributed by atoms with Crippen LogP contribution in [0.15, 0.2) is 42.7 Å². The average Bonchev–Trinajstić information content (AvgIpc) is 2.61. The van der Waals surface area contributed by atoms with Gasteiger partial charge in [-0.05, 0) is 56.4 Å². The highest BCUT2D eigenvalue weighted by atomic mass is 16.1. The number of amides is 1. The number of benzene rings is 1. The molecule has 0 bridgehead atoms. The lowest BCUT2D eigenvalue weighted by Gasteiger charge is -2.33. The Kier molecular flexibility index (Phi) is 5.14. The molecule has 2 heterocycles. The molecule has 1 aromatic heterocycles. The van der Waals surface area contributed by atoms with Crippen molar-refractivity contribution in [3.05, 3.63) is 59.4 Å². The van der Waals surface area contributed by atoms with Gasteiger partial charge in [0.2, 0.25) is 0 Å². The van der Waals surface area contributed by atoms with Crippen LogP contribution in [0.1, 0.15) is 34.3 Å². The van der Waals surface area contributed by atoms with Gasteiger partial charge in [0.15, 0.2) is 0 Å². The predicted octanol–water partition coefficient (Wildman–Crippen LogP) is 3.34. The summed E-state index contributed by atoms with van der Waals surface area (Å²) in [5, 5.41) is 3.12. The Morgan fingerprint density at radius 1 is 1.17 bits per heavy atom. The smallest absolute Gasteiger partial charge is 0.251 e. The van der Waals surface area contributed by atoms with Crippen LogP contribution in [0.2, 0.25) is 0 Å². The van der Waals surface area contributed by atoms with Crippen molar-refractivity contribution in [3.8, 4) is 0 Å². The standard InChI is InChI=1S/C20H25N3O/c1-15-3-4-19(16(2)13-15)20(24)22-14-17-7-11-23(12-8-17)18-5-9-21-10-6-18/h3-6,9-10,13,17H,7-8,11-12,14H2,1-2H3,(H,22,24). The van der Waals surface area contributed by atoms with Crippen LogP contribution in [-0.2, 0) is 0 Å². The summed E-state index contributed by atoms with van der Waals surface area (Å²) in [5.74, 6) is 0.599. The molecule has 0 radical (unpaired) electrons. The van der Waals surface area contributed by atoms with E-state index in [0.29, 0.717) is 5.92 Å². The third-order valence-corrected chi connectivity index (χ3v) is 4.82. The van der Waals surface area contributed by atoms with Gasteiger partial charge in [0.05, 0.1) is 0 Å². The Morgan fingerprint density at radius 3 is 2.54 bits per heavy atom. The largest absolute Gasteiger partial charge is 0.371 e. The molecule has 1 aliphatic heterocycles. The van der Waals surface area contributed by atoms with Crippen LogP contribution < -0.4 is 10.2 Å². The quantitative estimate of drug-likeness (QED) is 0.938. The zero-order chi connectivity index (χ0) is 16.9. The lowest BCUT2D eigenvalue weighted by molar-refractivity contribution is 0.0944. The van der Waals surface area contributed by atoms with Gasteiger partial charge in [-0.1, -0.05) is 17.7 Å². The van der Waals surface area contributed by atoms with Crippen molar-refractivity contribution >= 4 is 11.6 Å². The highest BCUT2D eigenvalue weighted by Gasteiger charge is 2.20. The Labute approximate surface area is 143 Å². The van der Waals surface area contributed by atoms with Crippen molar-refractivity contribution in [1.29, 1.82) is 0 Å². The monoisotopic (exact) mass is 323 g/mol. The van der Waals surface area contributed by atoms with Crippen molar-refractivity contribution in [2.75, 3.05) is 24.5 Å². The molecular formula is C20H25N3O. The minimum absolute atomic E-state index is 0.0454. The van der Waals surface area contributed by atoms with Crippen LogP contribution in [0.3, 0.4) is 0 Å². The molecule has 1 N–H and O–H groups in total. The number of rotatable bonds is 4. The van der Waals surface area contributed by atoms with Crippen LogP contribution in [0.25, 0.3) is 0 Å². The number of anilines is 1. The maximum atomic E-state index is 12.4. The topological polar surface area (TPSA) is 45.2 Å². The number of nitrogens with zero attached hydrogens (tertiary/aromatic N) is 2. The van der Waals surface area contributed by atoms with Crippen molar-refractivity contribution in [1.82, 2.24) is 10.3 Å². The van der Waals surface area contributed by atoms with Crippen LogP contribution in [0, 0.1) is 19.8 Å². The zero-order valence-electron chi connectivity index (χ0n) is 14.5. The van der Waals surface area contributed by atoms with Gasteiger partial charge in [0.1, 0.15) is 0 Å². The molecule has 24 heavy (non-hydrogen) atoms. The Hall–Kier alpha value is -2.36. The summed E-state index contributed by atoms with van der Waals surface area (Å²) in [6, 6.07) is 10.1. The molecular weight excluding hydrogens is 298 g/mol. The average molecular weight is 323 g/mol. The zero-order valence-corrected chi connectivity index (χ0v) is 14.5. The minimum atomic E-state index is 0.0454. The molecule has 1 amide bonds. The highest BCUT2D eigenvalue weighted by Crippen LogP contribution is 2.22. The molecule has 2 aromatic rings. The van der Waals surface area contributed by atoms with Gasteiger partial charge in [-0.25, -0.2) is 0 Å². The second kappa shape index (κ2) is 7.47. The molecule has 0 atom stereocenters. The number of hydrogen-bond acceptors (Lipinski definition) is 3. The summed E-state index contributed by atoms with van der Waals surface area (Å²) in [7, 11) is 0. The van der Waals surface area contributed by atoms with E-state index in [1.54, 1.807) is 0 Å². The van der Waals surface area contributed by atoms with Crippen LogP contribution >= 0.6 is 0 Å². The van der Waals surface area contributed by atoms with Crippen molar-refractivity contribution in [2.24, 2.45) is 5.92 Å². The van der Waals surface area contributed by atoms with Gasteiger partial charge in [-0.15, -0.1) is 0 Å². The second-order valence-electron chi connectivity index (χ2n) is 6.66. The summed E-state index contributed by atoms with van der Waals surface area (Å²) in [6.07, 6.45) is 5.89. The molecule has 1 aromatic carbocycles. The molecule has 0 saturated carbocycles. The number of carbonyl (C=O) groups is 1. The first-order chi connectivity index (χ1) is 11.6. The second-order valence-corrected chi connectivity index (χ2v) is 6.66. The van der Waals surface area contributed by atoms with Crippen molar-refractivity contribution in [2.45, 2.75) is 26.7 Å². The maximum Gasteiger partial charge on any atom is 0.251 e. The van der Waals surface area contributed by atoms with E-state index in [1.807, 2.05) is 38.4 Å². The van der Waals surface area contributed by atoms with E-state index in [0.717, 1.165) is 43.6 Å². The van der Waals surface area contributed by atoms with Crippen LogP contribution in [0.4, 0.5) is 5.69 Å². The number of pyridine rings is 1. The normalized spacial score (nSPS) is 15.3. The van der Waals surface area contributed by atoms with E-state index in [2.05, 4.69) is 33.4 Å². The Morgan fingerprint density at radius 2 is 1.88 bits per heavy atom. The summed E-state index contributed by atoms with van der Waals surface area (Å²) in [4.78, 5) is 18.8. The molecule has 0 unspecified atom stereocenters. The number of aryl methyl sites for hydroxylation is 2. The van der Waals surface area contributed by atoms with Gasteiger partial charge in [0, 0.05) is 43.3 Å². The molecule has 1 fully saturated rings. The summed E-state index contributed by atoms with van der Waals surface area (Å²) in [6.45, 7) is 6.87. The lowest BCUT2D eigenvalue weighted by Crippen LogP contribution is -2.38. The van der Waals surface area contributed by atoms with E-state index >= 15 is 0 Å². The Bertz CT molecular complexity index is 691. The molecule has 1 aliphatic rings. The fraction of sp³-hybridized carbons (Fsp3) is 0.400. The molecule has 0 aliphatic carbocycles. The maximum absolute atomic E-state index is 12.4. The minimum Gasteiger partial charge on any atom is -0.371 e. The lowest BCUT2D eigenvalue weighted by atomic mass is 9.96. The van der Waals surface area contributed by atoms with E-state index in [-0.39, 0.29) is 5.91 Å². The van der Waals surface area contributed by atoms with E-state index in [9.17, 15) is 4.79 Å². The van der Waals surface area contributed by atoms with E-state index in [1.165, 1.54) is 11.3 Å². The van der Waals surface area contributed by atoms with Gasteiger partial charge >= 0.3 is 0 Å². The van der Waals surface area contributed by atoms with Crippen molar-refractivity contribution in [3.63, 3.8) is 0 Å². The number of piperidine rings is 1. The fourth-order valence-electron chi connectivity index (χ4n) is 3.35. The number of aromatic nitrogens is 1. The van der Waals surface area contributed by atoms with Gasteiger partial charge in [-0.2, -0.15) is 0 Å². The van der Waals surface area contributed by atoms with Crippen LogP contribution in [0.5, 0.6) is 0 Å². The first-order valence-corrected chi connectivity index (χ1v) is 8.64. The summed E-state index contributed by atoms with van der Waals surface area (Å²) < 4.78 is 0. The van der Waals surface area contributed by atoms with Gasteiger partial charge < -0.3 is 10.2 Å². The third kappa shape index (κ3) is 3.94. The summed E-state index contributed by atoms with van der Waals surface area (Å²) in [5.41, 5.74) is 4.25. The highest BCUT2D eigenvalue weighted by molar-refractivity contribution is 5.95. The molecule has 3 rings (SSSR count). The Balaban J connectivity index is 1.49. The SMILES string of the molecule is Cc1ccc(C(=O)NCC2CCN(c3ccncc3)CC2)c(C)c1. The molecule has 4 nitrogen and oxygen atoms in total. The van der Waals surface area contributed by atoms with E-state index < -0.39 is 0 Å². The predicted molar refractivity (Wildman–Crippen MR) is 97.4 cm³/mol. The van der Waals surface area contributed by atoms with Crippen molar-refractivity contribution < 1.29 is 4.79 Å². The van der Waals surface area contributed by atoms with E-state index in [4.69, 9.17) is 0 Å². The molecule has 1 saturated heterocycles. The number of nitrogens with one attached hydrogen (secondary N) is 1. The van der Waals surface area contributed by atoms with Crippen LogP contribution in [-0.4, -0.2) is 30.5 Å². The van der Waals surface area contributed by atoms with Gasteiger partial charge in [0.25, 0.3) is 5.91 Å². The van der Waals surface area contributed by atoms with Gasteiger partial charge in [-0.3, -0.25) is 9.78 Å². The molecule has 126 valence electrons. The number of hydrogen-bond donors (Lipinski definition) is 1.